The van der Waals surface area contributed by atoms with Gasteiger partial charge in [0.1, 0.15) is 5.75 Å². The molecule has 1 aromatic carbocycles. The summed E-state index contributed by atoms with van der Waals surface area (Å²) in [5.41, 5.74) is -0.394. The molecule has 0 heterocycles. The van der Waals surface area contributed by atoms with Crippen LogP contribution in [0, 0.1) is 0 Å². The highest BCUT2D eigenvalue weighted by Crippen LogP contribution is 2.44. The molecule has 0 spiro atoms. The summed E-state index contributed by atoms with van der Waals surface area (Å²) in [6.07, 6.45) is -2.02. The largest absolute Gasteiger partial charge is 0.496 e. The Morgan fingerprint density at radius 2 is 1.76 bits per heavy atom. The fourth-order valence-corrected chi connectivity index (χ4v) is 3.21. The first kappa shape index (κ1) is 21.6. The maximum absolute atomic E-state index is 15.3. The zero-order chi connectivity index (χ0) is 19.5. The quantitative estimate of drug-likeness (QED) is 0.511. The lowest BCUT2D eigenvalue weighted by molar-refractivity contribution is -0.176. The molecule has 0 amide bonds. The van der Waals surface area contributed by atoms with E-state index in [1.54, 1.807) is 13.0 Å². The molecule has 7 heteroatoms. The SMILES string of the molecule is CCOC(=O)C(O[Si](C)(C)C(C)(C)C)C(F)(F)c1ccccc1OC. The summed E-state index contributed by atoms with van der Waals surface area (Å²) < 4.78 is 46.3. The number of alkyl halides is 2. The van der Waals surface area contributed by atoms with E-state index >= 15 is 8.78 Å². The molecule has 142 valence electrons. The Morgan fingerprint density at radius 1 is 1.20 bits per heavy atom. The summed E-state index contributed by atoms with van der Waals surface area (Å²) in [6.45, 7) is 11.0. The zero-order valence-corrected chi connectivity index (χ0v) is 17.0. The lowest BCUT2D eigenvalue weighted by atomic mass is 10.0. The minimum atomic E-state index is -3.59. The molecule has 4 nitrogen and oxygen atoms in total. The maximum Gasteiger partial charge on any atom is 0.340 e. The van der Waals surface area contributed by atoms with Crippen molar-refractivity contribution in [2.24, 2.45) is 0 Å². The molecule has 1 unspecified atom stereocenters. The van der Waals surface area contributed by atoms with Crippen molar-refractivity contribution < 1.29 is 27.5 Å². The van der Waals surface area contributed by atoms with Gasteiger partial charge in [0.2, 0.25) is 6.10 Å². The van der Waals surface area contributed by atoms with Crippen molar-refractivity contribution in [3.63, 3.8) is 0 Å². The lowest BCUT2D eigenvalue weighted by Crippen LogP contribution is -2.52. The van der Waals surface area contributed by atoms with Crippen molar-refractivity contribution >= 4 is 14.3 Å². The number of halogens is 2. The number of methoxy groups -OCH3 is 1. The van der Waals surface area contributed by atoms with Crippen molar-refractivity contribution in [3.8, 4) is 5.75 Å². The van der Waals surface area contributed by atoms with Crippen LogP contribution in [0.25, 0.3) is 0 Å². The van der Waals surface area contributed by atoms with Crippen LogP contribution in [0.3, 0.4) is 0 Å². The van der Waals surface area contributed by atoms with E-state index in [4.69, 9.17) is 13.9 Å². The molecule has 25 heavy (non-hydrogen) atoms. The van der Waals surface area contributed by atoms with Crippen molar-refractivity contribution in [1.29, 1.82) is 0 Å². The van der Waals surface area contributed by atoms with Crippen LogP contribution in [0.4, 0.5) is 8.78 Å². The molecule has 0 saturated carbocycles. The summed E-state index contributed by atoms with van der Waals surface area (Å²) in [7, 11) is -1.34. The molecule has 0 aliphatic carbocycles. The van der Waals surface area contributed by atoms with E-state index in [9.17, 15) is 4.79 Å². The first-order chi connectivity index (χ1) is 11.4. The summed E-state index contributed by atoms with van der Waals surface area (Å²) in [5, 5.41) is -0.339. The Kier molecular flexibility index (Phi) is 6.75. The van der Waals surface area contributed by atoms with E-state index < -0.39 is 31.9 Å². The van der Waals surface area contributed by atoms with E-state index in [1.165, 1.54) is 25.3 Å². The Hall–Kier alpha value is -1.47. The van der Waals surface area contributed by atoms with E-state index in [-0.39, 0.29) is 17.4 Å². The second-order valence-electron chi connectivity index (χ2n) is 7.33. The minimum absolute atomic E-state index is 0.000583. The molecule has 1 aromatic rings. The van der Waals surface area contributed by atoms with Gasteiger partial charge in [0.25, 0.3) is 0 Å². The number of para-hydroxylation sites is 1. The number of hydrogen-bond acceptors (Lipinski definition) is 4. The molecular weight excluding hydrogens is 346 g/mol. The third-order valence-electron chi connectivity index (χ3n) is 4.51. The van der Waals surface area contributed by atoms with Gasteiger partial charge in [-0.25, -0.2) is 4.79 Å². The van der Waals surface area contributed by atoms with E-state index in [1.807, 2.05) is 33.9 Å². The van der Waals surface area contributed by atoms with Gasteiger partial charge < -0.3 is 13.9 Å². The first-order valence-electron chi connectivity index (χ1n) is 8.24. The van der Waals surface area contributed by atoms with Crippen molar-refractivity contribution in [1.82, 2.24) is 0 Å². The number of benzene rings is 1. The van der Waals surface area contributed by atoms with E-state index in [2.05, 4.69) is 0 Å². The number of hydrogen-bond donors (Lipinski definition) is 0. The normalized spacial score (nSPS) is 14.1. The van der Waals surface area contributed by atoms with Crippen LogP contribution in [-0.2, 0) is 19.9 Å². The average Bonchev–Trinajstić information content (AvgIpc) is 2.51. The van der Waals surface area contributed by atoms with Crippen LogP contribution in [0.2, 0.25) is 18.1 Å². The molecule has 0 aliphatic heterocycles. The number of carbonyl (C=O) groups excluding carboxylic acids is 1. The Labute approximate surface area is 149 Å². The van der Waals surface area contributed by atoms with E-state index in [0.29, 0.717) is 0 Å². The fourth-order valence-electron chi connectivity index (χ4n) is 2.02. The van der Waals surface area contributed by atoms with Gasteiger partial charge >= 0.3 is 11.9 Å². The molecule has 1 rings (SSSR count). The predicted octanol–water partition coefficient (Wildman–Crippen LogP) is 4.74. The Balaban J connectivity index is 3.38. The molecule has 0 N–H and O–H groups in total. The number of rotatable bonds is 7. The molecule has 0 aromatic heterocycles. The molecule has 1 atom stereocenters. The molecule has 0 aliphatic rings. The molecular formula is C18H28F2O4Si. The van der Waals surface area contributed by atoms with Crippen LogP contribution in [0.5, 0.6) is 5.75 Å². The van der Waals surface area contributed by atoms with Gasteiger partial charge in [0.15, 0.2) is 8.32 Å². The number of esters is 1. The first-order valence-corrected chi connectivity index (χ1v) is 11.1. The van der Waals surface area contributed by atoms with Crippen LogP contribution >= 0.6 is 0 Å². The standard InChI is InChI=1S/C18H28F2O4Si/c1-8-23-16(21)15(24-25(6,7)17(2,3)4)18(19,20)13-11-9-10-12-14(13)22-5/h9-12,15H,8H2,1-7H3. The monoisotopic (exact) mass is 374 g/mol. The van der Waals surface area contributed by atoms with Gasteiger partial charge in [-0.05, 0) is 37.2 Å². The summed E-state index contributed by atoms with van der Waals surface area (Å²) >= 11 is 0. The van der Waals surface area contributed by atoms with Gasteiger partial charge in [0.05, 0.1) is 19.3 Å². The minimum Gasteiger partial charge on any atom is -0.496 e. The van der Waals surface area contributed by atoms with Gasteiger partial charge in [-0.1, -0.05) is 32.9 Å². The molecule has 0 fully saturated rings. The maximum atomic E-state index is 15.3. The number of carbonyl (C=O) groups is 1. The highest BCUT2D eigenvalue weighted by atomic mass is 28.4. The average molecular weight is 375 g/mol. The molecule has 0 bridgehead atoms. The lowest BCUT2D eigenvalue weighted by Gasteiger charge is -2.40. The van der Waals surface area contributed by atoms with Crippen LogP contribution in [0.1, 0.15) is 33.3 Å². The second-order valence-corrected chi connectivity index (χ2v) is 12.1. The fraction of sp³-hybridized carbons (Fsp3) is 0.611. The number of ether oxygens (including phenoxy) is 2. The van der Waals surface area contributed by atoms with Crippen LogP contribution in [-0.4, -0.2) is 34.1 Å². The topological polar surface area (TPSA) is 44.8 Å². The van der Waals surface area contributed by atoms with E-state index in [0.717, 1.165) is 0 Å². The zero-order valence-electron chi connectivity index (χ0n) is 16.0. The summed E-state index contributed by atoms with van der Waals surface area (Å²) in [6, 6.07) is 5.73. The van der Waals surface area contributed by atoms with Crippen molar-refractivity contribution in [2.75, 3.05) is 13.7 Å². The van der Waals surface area contributed by atoms with Gasteiger partial charge in [0, 0.05) is 0 Å². The van der Waals surface area contributed by atoms with Crippen LogP contribution in [0.15, 0.2) is 24.3 Å². The Morgan fingerprint density at radius 3 is 2.24 bits per heavy atom. The predicted molar refractivity (Wildman–Crippen MR) is 95.6 cm³/mol. The second kappa shape index (κ2) is 7.82. The van der Waals surface area contributed by atoms with Gasteiger partial charge in [-0.3, -0.25) is 0 Å². The van der Waals surface area contributed by atoms with Gasteiger partial charge in [-0.2, -0.15) is 8.78 Å². The van der Waals surface area contributed by atoms with Crippen molar-refractivity contribution in [2.45, 2.75) is 57.9 Å². The third kappa shape index (κ3) is 4.79. The Bertz CT molecular complexity index is 597. The highest BCUT2D eigenvalue weighted by Gasteiger charge is 2.53. The molecule has 0 saturated heterocycles. The highest BCUT2D eigenvalue weighted by molar-refractivity contribution is 6.74. The van der Waals surface area contributed by atoms with Crippen molar-refractivity contribution in [3.05, 3.63) is 29.8 Å². The van der Waals surface area contributed by atoms with Crippen LogP contribution < -0.4 is 4.74 Å². The summed E-state index contributed by atoms with van der Waals surface area (Å²) in [5.74, 6) is -4.65. The smallest absolute Gasteiger partial charge is 0.340 e. The molecule has 0 radical (unpaired) electrons. The van der Waals surface area contributed by atoms with Gasteiger partial charge in [-0.15, -0.1) is 0 Å². The third-order valence-corrected chi connectivity index (χ3v) is 8.95. The summed E-state index contributed by atoms with van der Waals surface area (Å²) in [4.78, 5) is 12.3.